The average Bonchev–Trinajstić information content (AvgIpc) is 3.62. The molecule has 3 aliphatic heterocycles. The second-order valence-corrected chi connectivity index (χ2v) is 10.5. The van der Waals surface area contributed by atoms with Gasteiger partial charge in [-0.15, -0.1) is 11.3 Å². The molecule has 3 aromatic rings. The largest absolute Gasteiger partial charge is 0.357 e. The van der Waals surface area contributed by atoms with Gasteiger partial charge in [-0.3, -0.25) is 19.3 Å². The van der Waals surface area contributed by atoms with Crippen molar-refractivity contribution in [2.75, 3.05) is 45.8 Å². The fourth-order valence-electron chi connectivity index (χ4n) is 5.28. The molecule has 10 heteroatoms. The molecule has 6 rings (SSSR count). The van der Waals surface area contributed by atoms with Crippen LogP contribution in [0.1, 0.15) is 41.8 Å². The molecule has 0 aliphatic carbocycles. The lowest BCUT2D eigenvalue weighted by atomic mass is 9.95. The van der Waals surface area contributed by atoms with Crippen LogP contribution in [-0.4, -0.2) is 99.1 Å². The zero-order valence-corrected chi connectivity index (χ0v) is 20.7. The first-order valence-corrected chi connectivity index (χ1v) is 13.2. The molecule has 0 spiro atoms. The maximum absolute atomic E-state index is 13.1. The molecule has 0 radical (unpaired) electrons. The van der Waals surface area contributed by atoms with Crippen molar-refractivity contribution >= 4 is 29.1 Å². The van der Waals surface area contributed by atoms with Crippen LogP contribution in [0.15, 0.2) is 48.1 Å². The van der Waals surface area contributed by atoms with E-state index in [1.165, 1.54) is 11.3 Å². The minimum atomic E-state index is 0.00538. The second kappa shape index (κ2) is 9.51. The fourth-order valence-corrected chi connectivity index (χ4v) is 5.88. The average molecular weight is 505 g/mol. The summed E-state index contributed by atoms with van der Waals surface area (Å²) < 4.78 is 0. The lowest BCUT2D eigenvalue weighted by molar-refractivity contribution is 0.00851. The highest BCUT2D eigenvalue weighted by atomic mass is 32.1. The highest BCUT2D eigenvalue weighted by Gasteiger charge is 2.37. The monoisotopic (exact) mass is 504 g/mol. The Kier molecular flexibility index (Phi) is 6.06. The van der Waals surface area contributed by atoms with Gasteiger partial charge in [-0.1, -0.05) is 6.07 Å². The van der Waals surface area contributed by atoms with Gasteiger partial charge in [0, 0.05) is 81.7 Å². The van der Waals surface area contributed by atoms with Crippen LogP contribution in [0, 0.1) is 0 Å². The van der Waals surface area contributed by atoms with Crippen molar-refractivity contribution in [1.29, 1.82) is 0 Å². The van der Waals surface area contributed by atoms with Gasteiger partial charge in [0.1, 0.15) is 5.69 Å². The Balaban J connectivity index is 1.01. The molecule has 0 bridgehead atoms. The van der Waals surface area contributed by atoms with Gasteiger partial charge >= 0.3 is 0 Å². The Hall–Kier alpha value is -3.50. The van der Waals surface area contributed by atoms with Gasteiger partial charge in [0.05, 0.1) is 0 Å². The molecular formula is C26H28N6O3S. The molecule has 5 heterocycles. The first-order chi connectivity index (χ1) is 17.6. The minimum absolute atomic E-state index is 0.00538. The molecular weight excluding hydrogens is 476 g/mol. The number of aromatic nitrogens is 2. The molecule has 2 saturated heterocycles. The number of hydrogen-bond donors (Lipinski definition) is 1. The van der Waals surface area contributed by atoms with E-state index in [-0.39, 0.29) is 17.7 Å². The van der Waals surface area contributed by atoms with Crippen LogP contribution in [0.25, 0.3) is 0 Å². The third kappa shape index (κ3) is 4.31. The van der Waals surface area contributed by atoms with E-state index in [9.17, 15) is 14.4 Å². The first kappa shape index (κ1) is 22.9. The van der Waals surface area contributed by atoms with Crippen LogP contribution in [0.2, 0.25) is 0 Å². The number of H-pyrrole nitrogens is 1. The molecule has 2 aromatic heterocycles. The molecule has 3 amide bonds. The summed E-state index contributed by atoms with van der Waals surface area (Å²) in [4.78, 5) is 53.4. The molecule has 3 aliphatic rings. The molecule has 1 N–H and O–H groups in total. The quantitative estimate of drug-likeness (QED) is 0.586. The van der Waals surface area contributed by atoms with Crippen molar-refractivity contribution in [3.8, 4) is 0 Å². The number of piperazine rings is 1. The Morgan fingerprint density at radius 2 is 1.72 bits per heavy atom. The number of nitrogens with zero attached hydrogens (tertiary/aromatic N) is 5. The maximum atomic E-state index is 13.1. The molecule has 9 nitrogen and oxygen atoms in total. The number of nitrogens with one attached hydrogen (secondary N) is 1. The van der Waals surface area contributed by atoms with Crippen molar-refractivity contribution < 1.29 is 14.4 Å². The molecule has 186 valence electrons. The first-order valence-electron chi connectivity index (χ1n) is 12.3. The van der Waals surface area contributed by atoms with E-state index in [1.807, 2.05) is 44.3 Å². The van der Waals surface area contributed by atoms with Crippen LogP contribution < -0.4 is 0 Å². The lowest BCUT2D eigenvalue weighted by Crippen LogP contribution is -2.64. The van der Waals surface area contributed by atoms with E-state index in [4.69, 9.17) is 0 Å². The molecule has 36 heavy (non-hydrogen) atoms. The number of carbonyl (C=O) groups is 3. The van der Waals surface area contributed by atoms with Gasteiger partial charge in [0.15, 0.2) is 5.01 Å². The third-order valence-corrected chi connectivity index (χ3v) is 8.22. The van der Waals surface area contributed by atoms with E-state index in [2.05, 4.69) is 14.9 Å². The summed E-state index contributed by atoms with van der Waals surface area (Å²) >= 11 is 1.38. The van der Waals surface area contributed by atoms with Crippen LogP contribution in [0.3, 0.4) is 0 Å². The van der Waals surface area contributed by atoms with Gasteiger partial charge in [0.2, 0.25) is 0 Å². The zero-order chi connectivity index (χ0) is 24.6. The Morgan fingerprint density at radius 1 is 0.889 bits per heavy atom. The minimum Gasteiger partial charge on any atom is -0.357 e. The smallest absolute Gasteiger partial charge is 0.282 e. The number of aromatic amines is 1. The van der Waals surface area contributed by atoms with E-state index < -0.39 is 0 Å². The Morgan fingerprint density at radius 3 is 2.44 bits per heavy atom. The molecule has 0 saturated carbocycles. The summed E-state index contributed by atoms with van der Waals surface area (Å²) in [7, 11) is 0. The summed E-state index contributed by atoms with van der Waals surface area (Å²) in [6.45, 7) is 5.66. The maximum Gasteiger partial charge on any atom is 0.282 e. The number of likely N-dealkylation sites (tertiary alicyclic amines) is 1. The topological polar surface area (TPSA) is 92.9 Å². The van der Waals surface area contributed by atoms with Crippen LogP contribution in [0.4, 0.5) is 0 Å². The Bertz CT molecular complexity index is 1260. The van der Waals surface area contributed by atoms with Gasteiger partial charge in [-0.05, 0) is 41.8 Å². The lowest BCUT2D eigenvalue weighted by Gasteiger charge is -2.48. The number of hydrogen-bond acceptors (Lipinski definition) is 6. The standard InChI is InChI=1S/C26H28N6O3S/c33-24(19-3-4-20-15-31(8-5-18(20)14-19)25(34)22-2-1-6-27-22)32-16-21(17-32)29-9-11-30(12-10-29)26(35)23-28-7-13-36-23/h1-4,6-7,13-14,21,27H,5,8-12,15-17H2. The number of benzene rings is 1. The highest BCUT2D eigenvalue weighted by Crippen LogP contribution is 2.25. The highest BCUT2D eigenvalue weighted by molar-refractivity contribution is 7.11. The van der Waals surface area contributed by atoms with Crippen LogP contribution in [0.5, 0.6) is 0 Å². The van der Waals surface area contributed by atoms with Crippen molar-refractivity contribution in [1.82, 2.24) is 29.6 Å². The predicted molar refractivity (Wildman–Crippen MR) is 135 cm³/mol. The predicted octanol–water partition coefficient (Wildman–Crippen LogP) is 1.95. The number of thiazole rings is 1. The number of amides is 3. The van der Waals surface area contributed by atoms with E-state index >= 15 is 0 Å². The molecule has 1 aromatic carbocycles. The van der Waals surface area contributed by atoms with Crippen molar-refractivity contribution in [2.24, 2.45) is 0 Å². The van der Waals surface area contributed by atoms with Crippen molar-refractivity contribution in [3.63, 3.8) is 0 Å². The van der Waals surface area contributed by atoms with Crippen LogP contribution in [-0.2, 0) is 13.0 Å². The fraction of sp³-hybridized carbons (Fsp3) is 0.385. The van der Waals surface area contributed by atoms with Gasteiger partial charge in [-0.2, -0.15) is 0 Å². The third-order valence-electron chi connectivity index (χ3n) is 7.46. The summed E-state index contributed by atoms with van der Waals surface area (Å²) in [5.41, 5.74) is 3.57. The van der Waals surface area contributed by atoms with Crippen molar-refractivity contribution in [3.05, 3.63) is 75.5 Å². The molecule has 0 unspecified atom stereocenters. The number of rotatable bonds is 4. The van der Waals surface area contributed by atoms with Crippen molar-refractivity contribution in [2.45, 2.75) is 19.0 Å². The summed E-state index contributed by atoms with van der Waals surface area (Å²) in [5.74, 6) is 0.0848. The Labute approximate surface area is 213 Å². The number of fused-ring (bicyclic) bond motifs is 1. The SMILES string of the molecule is O=C(c1ccc2c(c1)CCN(C(=O)c1ccc[nH]1)C2)N1CC(N2CCN(C(=O)c3nccs3)CC2)C1. The van der Waals surface area contributed by atoms with Gasteiger partial charge in [0.25, 0.3) is 17.7 Å². The van der Waals surface area contributed by atoms with E-state index in [0.717, 1.165) is 49.3 Å². The van der Waals surface area contributed by atoms with Crippen LogP contribution >= 0.6 is 11.3 Å². The van der Waals surface area contributed by atoms with E-state index in [0.29, 0.717) is 42.9 Å². The van der Waals surface area contributed by atoms with Gasteiger partial charge in [-0.25, -0.2) is 4.98 Å². The summed E-state index contributed by atoms with van der Waals surface area (Å²) in [6, 6.07) is 9.85. The molecule has 0 atom stereocenters. The normalized spacial score (nSPS) is 18.6. The summed E-state index contributed by atoms with van der Waals surface area (Å²) in [5, 5.41) is 2.38. The zero-order valence-electron chi connectivity index (χ0n) is 19.9. The second-order valence-electron chi connectivity index (χ2n) is 9.57. The summed E-state index contributed by atoms with van der Waals surface area (Å²) in [6.07, 6.45) is 4.17. The number of carbonyl (C=O) groups excluding carboxylic acids is 3. The molecule has 2 fully saturated rings. The van der Waals surface area contributed by atoms with Gasteiger partial charge < -0.3 is 19.7 Å². The van der Waals surface area contributed by atoms with E-state index in [1.54, 1.807) is 18.5 Å².